The van der Waals surface area contributed by atoms with Gasteiger partial charge in [0.15, 0.2) is 5.65 Å². The maximum atomic E-state index is 5.40. The van der Waals surface area contributed by atoms with Crippen LogP contribution in [0.4, 0.5) is 5.69 Å². The minimum atomic E-state index is 0.782. The number of ether oxygens (including phenoxy) is 1. The molecule has 3 heterocycles. The Morgan fingerprint density at radius 1 is 1.09 bits per heavy atom. The lowest BCUT2D eigenvalue weighted by atomic mass is 10.1. The number of anilines is 1. The Hall–Kier alpha value is -2.47. The Labute approximate surface area is 128 Å². The summed E-state index contributed by atoms with van der Waals surface area (Å²) in [5.41, 5.74) is 5.14. The van der Waals surface area contributed by atoms with E-state index in [4.69, 9.17) is 4.74 Å². The molecule has 6 heteroatoms. The second-order valence-corrected chi connectivity index (χ2v) is 5.44. The first-order valence-corrected chi connectivity index (χ1v) is 7.42. The molecular formula is C16H17N5O. The first-order valence-electron chi connectivity index (χ1n) is 7.42. The molecule has 3 aromatic rings. The summed E-state index contributed by atoms with van der Waals surface area (Å²) in [7, 11) is 0. The van der Waals surface area contributed by atoms with Crippen LogP contribution < -0.4 is 4.90 Å². The van der Waals surface area contributed by atoms with Crippen molar-refractivity contribution in [3.63, 3.8) is 0 Å². The summed E-state index contributed by atoms with van der Waals surface area (Å²) in [6, 6.07) is 10.6. The molecule has 0 spiro atoms. The van der Waals surface area contributed by atoms with Gasteiger partial charge in [-0.25, -0.2) is 0 Å². The molecule has 1 aromatic carbocycles. The van der Waals surface area contributed by atoms with Crippen LogP contribution in [0.25, 0.3) is 16.8 Å². The molecule has 1 aliphatic heterocycles. The normalized spacial score (nSPS) is 15.4. The molecule has 2 aromatic heterocycles. The summed E-state index contributed by atoms with van der Waals surface area (Å²) in [5, 5.41) is 12.5. The number of hydrogen-bond acceptors (Lipinski definition) is 5. The van der Waals surface area contributed by atoms with Crippen molar-refractivity contribution in [3.8, 4) is 11.1 Å². The van der Waals surface area contributed by atoms with E-state index >= 15 is 0 Å². The third-order valence-electron chi connectivity index (χ3n) is 3.94. The molecule has 0 atom stereocenters. The molecule has 0 aliphatic carbocycles. The number of benzene rings is 1. The molecule has 6 nitrogen and oxygen atoms in total. The Morgan fingerprint density at radius 3 is 2.64 bits per heavy atom. The number of rotatable bonds is 2. The van der Waals surface area contributed by atoms with Gasteiger partial charge in [-0.1, -0.05) is 12.1 Å². The van der Waals surface area contributed by atoms with Crippen LogP contribution in [-0.4, -0.2) is 46.1 Å². The maximum Gasteiger partial charge on any atom is 0.185 e. The fraction of sp³-hybridized carbons (Fsp3) is 0.312. The number of nitrogens with zero attached hydrogens (tertiary/aromatic N) is 5. The number of fused-ring (bicyclic) bond motifs is 1. The zero-order valence-corrected chi connectivity index (χ0v) is 12.4. The summed E-state index contributed by atoms with van der Waals surface area (Å²) in [5.74, 6) is 0. The lowest BCUT2D eigenvalue weighted by molar-refractivity contribution is 0.122. The first kappa shape index (κ1) is 13.2. The number of hydrogen-bond donors (Lipinski definition) is 0. The van der Waals surface area contributed by atoms with Crippen LogP contribution in [0.1, 0.15) is 5.69 Å². The highest BCUT2D eigenvalue weighted by atomic mass is 16.5. The number of aryl methyl sites for hydroxylation is 1. The van der Waals surface area contributed by atoms with Crippen LogP contribution in [0.15, 0.2) is 36.7 Å². The van der Waals surface area contributed by atoms with Crippen molar-refractivity contribution < 1.29 is 4.74 Å². The molecule has 1 fully saturated rings. The minimum absolute atomic E-state index is 0.782. The van der Waals surface area contributed by atoms with Crippen LogP contribution in [0, 0.1) is 6.92 Å². The molecule has 0 radical (unpaired) electrons. The highest BCUT2D eigenvalue weighted by Gasteiger charge is 2.12. The Balaban J connectivity index is 1.71. The van der Waals surface area contributed by atoms with Crippen molar-refractivity contribution in [2.24, 2.45) is 0 Å². The quantitative estimate of drug-likeness (QED) is 0.723. The van der Waals surface area contributed by atoms with Gasteiger partial charge in [0, 0.05) is 24.3 Å². The van der Waals surface area contributed by atoms with Crippen molar-refractivity contribution in [1.29, 1.82) is 0 Å². The summed E-state index contributed by atoms with van der Waals surface area (Å²) < 4.78 is 7.12. The predicted octanol–water partition coefficient (Wildman–Crippen LogP) is 1.94. The Kier molecular flexibility index (Phi) is 3.23. The lowest BCUT2D eigenvalue weighted by Gasteiger charge is -2.28. The zero-order valence-electron chi connectivity index (χ0n) is 12.4. The van der Waals surface area contributed by atoms with Gasteiger partial charge in [0.1, 0.15) is 6.33 Å². The van der Waals surface area contributed by atoms with E-state index in [1.54, 1.807) is 10.8 Å². The molecule has 4 rings (SSSR count). The number of aromatic nitrogens is 4. The van der Waals surface area contributed by atoms with Gasteiger partial charge >= 0.3 is 0 Å². The van der Waals surface area contributed by atoms with Gasteiger partial charge in [0.2, 0.25) is 0 Å². The van der Waals surface area contributed by atoms with Gasteiger partial charge in [-0.2, -0.15) is 9.61 Å². The van der Waals surface area contributed by atoms with E-state index < -0.39 is 0 Å². The Morgan fingerprint density at radius 2 is 1.86 bits per heavy atom. The zero-order chi connectivity index (χ0) is 14.9. The molecular weight excluding hydrogens is 278 g/mol. The standard InChI is InChI=1S/C16H17N5O/c1-12-10-15(16-18-17-11-21(16)19-12)13-2-4-14(5-3-13)20-6-8-22-9-7-20/h2-5,10-11H,6-9H2,1H3. The number of morpholine rings is 1. The molecule has 0 bridgehead atoms. The molecule has 0 unspecified atom stereocenters. The molecule has 112 valence electrons. The molecule has 22 heavy (non-hydrogen) atoms. The molecule has 0 saturated carbocycles. The second-order valence-electron chi connectivity index (χ2n) is 5.44. The topological polar surface area (TPSA) is 55.5 Å². The van der Waals surface area contributed by atoms with Crippen LogP contribution in [-0.2, 0) is 4.74 Å². The van der Waals surface area contributed by atoms with Crippen LogP contribution in [0.3, 0.4) is 0 Å². The van der Waals surface area contributed by atoms with Crippen LogP contribution in [0.5, 0.6) is 0 Å². The summed E-state index contributed by atoms with van der Waals surface area (Å²) in [4.78, 5) is 2.34. The summed E-state index contributed by atoms with van der Waals surface area (Å²) in [6.45, 7) is 5.46. The highest BCUT2D eigenvalue weighted by Crippen LogP contribution is 2.26. The molecule has 1 saturated heterocycles. The average Bonchev–Trinajstić information content (AvgIpc) is 3.03. The van der Waals surface area contributed by atoms with Crippen LogP contribution >= 0.6 is 0 Å². The lowest BCUT2D eigenvalue weighted by Crippen LogP contribution is -2.36. The van der Waals surface area contributed by atoms with E-state index in [-0.39, 0.29) is 0 Å². The summed E-state index contributed by atoms with van der Waals surface area (Å²) >= 11 is 0. The monoisotopic (exact) mass is 295 g/mol. The fourth-order valence-corrected chi connectivity index (χ4v) is 2.84. The third kappa shape index (κ3) is 2.31. The van der Waals surface area contributed by atoms with Crippen molar-refractivity contribution in [1.82, 2.24) is 19.8 Å². The SMILES string of the molecule is Cc1cc(-c2ccc(N3CCOCC3)cc2)c2nncn2n1. The minimum Gasteiger partial charge on any atom is -0.378 e. The molecule has 0 amide bonds. The maximum absolute atomic E-state index is 5.40. The van der Waals surface area contributed by atoms with E-state index in [1.807, 2.05) is 13.0 Å². The van der Waals surface area contributed by atoms with Gasteiger partial charge in [0.25, 0.3) is 0 Å². The van der Waals surface area contributed by atoms with Gasteiger partial charge in [-0.05, 0) is 30.7 Å². The van der Waals surface area contributed by atoms with E-state index in [0.717, 1.165) is 48.8 Å². The van der Waals surface area contributed by atoms with E-state index in [0.29, 0.717) is 0 Å². The average molecular weight is 295 g/mol. The van der Waals surface area contributed by atoms with Gasteiger partial charge in [-0.15, -0.1) is 10.2 Å². The largest absolute Gasteiger partial charge is 0.378 e. The summed E-state index contributed by atoms with van der Waals surface area (Å²) in [6.07, 6.45) is 1.63. The smallest absolute Gasteiger partial charge is 0.185 e. The van der Waals surface area contributed by atoms with Gasteiger partial charge in [0.05, 0.1) is 18.9 Å². The van der Waals surface area contributed by atoms with E-state index in [9.17, 15) is 0 Å². The van der Waals surface area contributed by atoms with E-state index in [1.165, 1.54) is 5.69 Å². The van der Waals surface area contributed by atoms with Crippen molar-refractivity contribution in [3.05, 3.63) is 42.4 Å². The second kappa shape index (κ2) is 5.38. The van der Waals surface area contributed by atoms with Crippen molar-refractivity contribution in [2.75, 3.05) is 31.2 Å². The Bertz CT molecular complexity index is 790. The molecule has 1 aliphatic rings. The van der Waals surface area contributed by atoms with Crippen molar-refractivity contribution >= 4 is 11.3 Å². The van der Waals surface area contributed by atoms with Gasteiger partial charge in [-0.3, -0.25) is 0 Å². The van der Waals surface area contributed by atoms with Crippen molar-refractivity contribution in [2.45, 2.75) is 6.92 Å². The van der Waals surface area contributed by atoms with E-state index in [2.05, 4.69) is 44.5 Å². The fourth-order valence-electron chi connectivity index (χ4n) is 2.84. The highest BCUT2D eigenvalue weighted by molar-refractivity contribution is 5.78. The van der Waals surface area contributed by atoms with Crippen LogP contribution in [0.2, 0.25) is 0 Å². The first-order chi connectivity index (χ1) is 10.8. The predicted molar refractivity (Wildman–Crippen MR) is 84.0 cm³/mol. The van der Waals surface area contributed by atoms with Gasteiger partial charge < -0.3 is 9.64 Å². The third-order valence-corrected chi connectivity index (χ3v) is 3.94. The molecule has 0 N–H and O–H groups in total.